The Morgan fingerprint density at radius 2 is 2.00 bits per heavy atom. The molecular weight excluding hydrogens is 277 g/mol. The molecular formula is C11H11F3N4O2. The van der Waals surface area contributed by atoms with E-state index in [1.54, 1.807) is 30.3 Å². The van der Waals surface area contributed by atoms with Gasteiger partial charge in [0.25, 0.3) is 0 Å². The number of hydrogen-bond acceptors (Lipinski definition) is 6. The topological polar surface area (TPSA) is 57.2 Å². The molecule has 0 spiro atoms. The summed E-state index contributed by atoms with van der Waals surface area (Å²) in [6.45, 7) is 1.51. The zero-order valence-electron chi connectivity index (χ0n) is 10.3. The maximum absolute atomic E-state index is 12.1. The smallest absolute Gasteiger partial charge is 0.292 e. The maximum atomic E-state index is 12.1. The number of rotatable bonds is 4. The van der Waals surface area contributed by atoms with Crippen molar-refractivity contribution in [3.8, 4) is 0 Å². The summed E-state index contributed by atoms with van der Waals surface area (Å²) in [4.78, 5) is 15.7. The van der Waals surface area contributed by atoms with Crippen LogP contribution in [0.2, 0.25) is 0 Å². The Morgan fingerprint density at radius 1 is 1.35 bits per heavy atom. The van der Waals surface area contributed by atoms with Crippen LogP contribution in [0, 0.1) is 0 Å². The number of carbonyl (C=O) groups is 1. The number of nitrogens with zero attached hydrogens (tertiary/aromatic N) is 3. The van der Waals surface area contributed by atoms with Crippen LogP contribution in [0.3, 0.4) is 0 Å². The van der Waals surface area contributed by atoms with E-state index < -0.39 is 12.4 Å². The van der Waals surface area contributed by atoms with Gasteiger partial charge in [-0.1, -0.05) is 30.3 Å². The van der Waals surface area contributed by atoms with Gasteiger partial charge in [0.15, 0.2) is 12.1 Å². The SMILES string of the molecule is CC(C(=O)c1ccccc1)N1N=CN(OC(F)(F)F)N1. The Balaban J connectivity index is 1.97. The van der Waals surface area contributed by atoms with Crippen LogP contribution in [0.25, 0.3) is 0 Å². The van der Waals surface area contributed by atoms with Crippen molar-refractivity contribution in [2.45, 2.75) is 19.3 Å². The summed E-state index contributed by atoms with van der Waals surface area (Å²) in [7, 11) is 0. The Bertz CT molecular complexity index is 506. The van der Waals surface area contributed by atoms with Gasteiger partial charge >= 0.3 is 6.36 Å². The number of carbonyl (C=O) groups excluding carboxylic acids is 1. The van der Waals surface area contributed by atoms with Gasteiger partial charge in [-0.2, -0.15) is 9.96 Å². The predicted molar refractivity (Wildman–Crippen MR) is 62.7 cm³/mol. The standard InChI is InChI=1S/C11H11F3N4O2/c1-8(10(19)9-5-3-2-4-6-9)18-15-7-17(16-18)20-11(12,13)14/h2-8,16H,1H3. The Labute approximate surface area is 112 Å². The molecule has 1 N–H and O–H groups in total. The summed E-state index contributed by atoms with van der Waals surface area (Å²) in [5.41, 5.74) is 2.62. The lowest BCUT2D eigenvalue weighted by molar-refractivity contribution is -0.409. The molecule has 20 heavy (non-hydrogen) atoms. The summed E-state index contributed by atoms with van der Waals surface area (Å²) >= 11 is 0. The number of hydrazone groups is 1. The van der Waals surface area contributed by atoms with Gasteiger partial charge in [0.2, 0.25) is 0 Å². The van der Waals surface area contributed by atoms with E-state index in [-0.39, 0.29) is 11.0 Å². The van der Waals surface area contributed by atoms with E-state index in [1.165, 1.54) is 6.92 Å². The minimum atomic E-state index is -4.85. The molecule has 0 radical (unpaired) electrons. The summed E-state index contributed by atoms with van der Waals surface area (Å²) in [5, 5.41) is 4.87. The van der Waals surface area contributed by atoms with Crippen LogP contribution in [0.4, 0.5) is 13.2 Å². The van der Waals surface area contributed by atoms with Crippen molar-refractivity contribution < 1.29 is 22.8 Å². The van der Waals surface area contributed by atoms with Crippen molar-refractivity contribution in [3.63, 3.8) is 0 Å². The minimum absolute atomic E-state index is 0.273. The number of hydrogen-bond donors (Lipinski definition) is 1. The predicted octanol–water partition coefficient (Wildman–Crippen LogP) is 1.69. The first-order valence-electron chi connectivity index (χ1n) is 5.61. The van der Waals surface area contributed by atoms with E-state index in [4.69, 9.17) is 0 Å². The zero-order chi connectivity index (χ0) is 14.8. The zero-order valence-corrected chi connectivity index (χ0v) is 10.3. The number of Topliss-reactive ketones (excluding diaryl/α,β-unsaturated/α-hetero) is 1. The fourth-order valence-electron chi connectivity index (χ4n) is 1.55. The molecule has 0 aromatic heterocycles. The monoisotopic (exact) mass is 288 g/mol. The highest BCUT2D eigenvalue weighted by atomic mass is 19.4. The van der Waals surface area contributed by atoms with E-state index in [2.05, 4.69) is 15.5 Å². The van der Waals surface area contributed by atoms with Gasteiger partial charge in [0.05, 0.1) is 0 Å². The molecule has 0 saturated carbocycles. The molecule has 0 fully saturated rings. The molecule has 1 heterocycles. The van der Waals surface area contributed by atoms with Crippen molar-refractivity contribution in [2.75, 3.05) is 0 Å². The first-order chi connectivity index (χ1) is 9.37. The highest BCUT2D eigenvalue weighted by Gasteiger charge is 2.36. The number of ketones is 1. The average Bonchev–Trinajstić information content (AvgIpc) is 2.84. The quantitative estimate of drug-likeness (QED) is 0.854. The van der Waals surface area contributed by atoms with Crippen molar-refractivity contribution in [1.82, 2.24) is 15.8 Å². The van der Waals surface area contributed by atoms with Crippen LogP contribution < -0.4 is 5.53 Å². The lowest BCUT2D eigenvalue weighted by Gasteiger charge is -2.23. The third kappa shape index (κ3) is 3.45. The molecule has 2 rings (SSSR count). The van der Waals surface area contributed by atoms with Crippen molar-refractivity contribution in [2.24, 2.45) is 5.10 Å². The second-order valence-corrected chi connectivity index (χ2v) is 3.94. The number of benzene rings is 1. The second kappa shape index (κ2) is 5.47. The van der Waals surface area contributed by atoms with Crippen LogP contribution in [-0.4, -0.2) is 34.8 Å². The molecule has 108 valence electrons. The van der Waals surface area contributed by atoms with Crippen LogP contribution in [-0.2, 0) is 4.84 Å². The van der Waals surface area contributed by atoms with Crippen LogP contribution in [0.15, 0.2) is 35.4 Å². The molecule has 1 aromatic rings. The largest absolute Gasteiger partial charge is 0.545 e. The lowest BCUT2D eigenvalue weighted by atomic mass is 10.1. The van der Waals surface area contributed by atoms with Crippen molar-refractivity contribution >= 4 is 12.1 Å². The van der Waals surface area contributed by atoms with E-state index in [9.17, 15) is 18.0 Å². The van der Waals surface area contributed by atoms with Crippen LogP contribution >= 0.6 is 0 Å². The van der Waals surface area contributed by atoms with Crippen LogP contribution in [0.1, 0.15) is 17.3 Å². The molecule has 1 aromatic carbocycles. The molecule has 6 nitrogen and oxygen atoms in total. The van der Waals surface area contributed by atoms with E-state index in [0.29, 0.717) is 5.56 Å². The highest BCUT2D eigenvalue weighted by Crippen LogP contribution is 2.18. The normalized spacial score (nSPS) is 16.6. The van der Waals surface area contributed by atoms with Gasteiger partial charge in [-0.3, -0.25) is 4.79 Å². The number of hydroxylamine groups is 1. The lowest BCUT2D eigenvalue weighted by Crippen LogP contribution is -2.48. The number of halogens is 3. The summed E-state index contributed by atoms with van der Waals surface area (Å²) in [6.07, 6.45) is -4.07. The summed E-state index contributed by atoms with van der Waals surface area (Å²) < 4.78 is 36.0. The molecule has 1 unspecified atom stereocenters. The fourth-order valence-corrected chi connectivity index (χ4v) is 1.55. The fraction of sp³-hybridized carbons (Fsp3) is 0.273. The maximum Gasteiger partial charge on any atom is 0.545 e. The third-order valence-corrected chi connectivity index (χ3v) is 2.49. The van der Waals surface area contributed by atoms with E-state index >= 15 is 0 Å². The number of alkyl halides is 3. The van der Waals surface area contributed by atoms with Gasteiger partial charge in [-0.15, -0.1) is 29.0 Å². The molecule has 1 aliphatic heterocycles. The second-order valence-electron chi connectivity index (χ2n) is 3.94. The molecule has 0 saturated heterocycles. The first-order valence-corrected chi connectivity index (χ1v) is 5.61. The third-order valence-electron chi connectivity index (χ3n) is 2.49. The molecule has 0 amide bonds. The minimum Gasteiger partial charge on any atom is -0.292 e. The van der Waals surface area contributed by atoms with E-state index in [0.717, 1.165) is 11.5 Å². The van der Waals surface area contributed by atoms with E-state index in [1.807, 2.05) is 0 Å². The molecule has 0 bridgehead atoms. The van der Waals surface area contributed by atoms with Crippen molar-refractivity contribution in [1.29, 1.82) is 0 Å². The van der Waals surface area contributed by atoms with Crippen molar-refractivity contribution in [3.05, 3.63) is 35.9 Å². The van der Waals surface area contributed by atoms with Crippen LogP contribution in [0.5, 0.6) is 0 Å². The molecule has 9 heteroatoms. The Kier molecular flexibility index (Phi) is 3.91. The highest BCUT2D eigenvalue weighted by molar-refractivity contribution is 5.99. The molecule has 0 aliphatic carbocycles. The molecule has 1 aliphatic rings. The summed E-state index contributed by atoms with van der Waals surface area (Å²) in [5.74, 6) is -0.288. The van der Waals surface area contributed by atoms with Gasteiger partial charge < -0.3 is 0 Å². The van der Waals surface area contributed by atoms with Gasteiger partial charge in [-0.25, -0.2) is 0 Å². The number of nitrogens with one attached hydrogen (secondary N) is 1. The summed E-state index contributed by atoms with van der Waals surface area (Å²) in [6, 6.07) is 7.58. The number of hydrazine groups is 2. The average molecular weight is 288 g/mol. The van der Waals surface area contributed by atoms with Gasteiger partial charge in [0.1, 0.15) is 6.04 Å². The van der Waals surface area contributed by atoms with Gasteiger partial charge in [0, 0.05) is 5.56 Å². The Hall–Kier alpha value is -2.13. The molecule has 1 atom stereocenters. The van der Waals surface area contributed by atoms with Gasteiger partial charge in [-0.05, 0) is 6.92 Å². The first kappa shape index (κ1) is 14.3. The Morgan fingerprint density at radius 3 is 2.60 bits per heavy atom.